The van der Waals surface area contributed by atoms with Crippen molar-refractivity contribution in [2.24, 2.45) is 4.99 Å². The number of halogens is 2. The van der Waals surface area contributed by atoms with Crippen molar-refractivity contribution in [3.05, 3.63) is 99.0 Å². The molecule has 0 spiro atoms. The van der Waals surface area contributed by atoms with Gasteiger partial charge in [-0.1, -0.05) is 74.3 Å². The average Bonchev–Trinajstić information content (AvgIpc) is 3.25. The standard InChI is InChI=1S/C38H50Cl2N4O3S/c1-8-47-34-26-30(36(2,3)4)14-19-33(34)35-41-37(5,28-10-15-31(39)16-11-28)38(6,29-12-17-32(40)18-13-29)44(35)27-43-23-21-42(22-24-43)20-9-25-48(7,45)46/h10-19,26H,8-9,20-25,27H2,1-7H3/t37-,38+/m0/s1. The first kappa shape index (κ1) is 36.7. The minimum Gasteiger partial charge on any atom is -0.493 e. The Bertz CT molecular complexity index is 1720. The van der Waals surface area contributed by atoms with E-state index in [0.717, 1.165) is 61.0 Å². The number of rotatable bonds is 11. The van der Waals surface area contributed by atoms with Crippen LogP contribution in [0.15, 0.2) is 71.7 Å². The monoisotopic (exact) mass is 712 g/mol. The van der Waals surface area contributed by atoms with E-state index >= 15 is 0 Å². The van der Waals surface area contributed by atoms with Gasteiger partial charge in [0.15, 0.2) is 0 Å². The van der Waals surface area contributed by atoms with Crippen LogP contribution >= 0.6 is 23.2 Å². The maximum Gasteiger partial charge on any atom is 0.147 e. The second-order valence-corrected chi connectivity index (χ2v) is 17.6. The van der Waals surface area contributed by atoms with Gasteiger partial charge < -0.3 is 14.5 Å². The number of piperazine rings is 1. The number of hydrogen-bond acceptors (Lipinski definition) is 7. The van der Waals surface area contributed by atoms with Crippen molar-refractivity contribution in [2.75, 3.05) is 58.0 Å². The third-order valence-electron chi connectivity index (χ3n) is 10.1. The van der Waals surface area contributed by atoms with Gasteiger partial charge in [0.1, 0.15) is 27.0 Å². The minimum atomic E-state index is -2.96. The number of aliphatic imine (C=N–C) groups is 1. The van der Waals surface area contributed by atoms with E-state index in [1.807, 2.05) is 31.2 Å². The molecule has 0 saturated carbocycles. The first-order valence-electron chi connectivity index (χ1n) is 16.8. The highest BCUT2D eigenvalue weighted by Gasteiger charge is 2.57. The molecule has 48 heavy (non-hydrogen) atoms. The summed E-state index contributed by atoms with van der Waals surface area (Å²) in [6, 6.07) is 22.8. The molecule has 0 unspecified atom stereocenters. The van der Waals surface area contributed by atoms with Gasteiger partial charge in [-0.25, -0.2) is 8.42 Å². The fourth-order valence-electron chi connectivity index (χ4n) is 6.95. The average molecular weight is 714 g/mol. The molecular formula is C38H50Cl2N4O3S. The quantitative estimate of drug-likeness (QED) is 0.204. The lowest BCUT2D eigenvalue weighted by Gasteiger charge is -2.49. The maximum absolute atomic E-state index is 11.7. The second-order valence-electron chi connectivity index (χ2n) is 14.5. The van der Waals surface area contributed by atoms with E-state index in [1.165, 1.54) is 11.8 Å². The Labute approximate surface area is 297 Å². The lowest BCUT2D eigenvalue weighted by molar-refractivity contribution is 0.0402. The third-order valence-corrected chi connectivity index (χ3v) is 11.6. The molecule has 0 aromatic heterocycles. The summed E-state index contributed by atoms with van der Waals surface area (Å²) in [6.45, 7) is 18.6. The number of amidine groups is 1. The molecule has 0 N–H and O–H groups in total. The summed E-state index contributed by atoms with van der Waals surface area (Å²) in [5.74, 6) is 1.92. The summed E-state index contributed by atoms with van der Waals surface area (Å²) >= 11 is 12.9. The highest BCUT2D eigenvalue weighted by atomic mass is 35.5. The molecule has 0 bridgehead atoms. The predicted octanol–water partition coefficient (Wildman–Crippen LogP) is 7.59. The van der Waals surface area contributed by atoms with Crippen LogP contribution in [0.3, 0.4) is 0 Å². The van der Waals surface area contributed by atoms with Crippen LogP contribution in [0.25, 0.3) is 0 Å². The third kappa shape index (κ3) is 7.73. The molecule has 2 heterocycles. The largest absolute Gasteiger partial charge is 0.493 e. The number of benzene rings is 3. The van der Waals surface area contributed by atoms with Gasteiger partial charge in [-0.3, -0.25) is 9.89 Å². The zero-order valence-electron chi connectivity index (χ0n) is 29.4. The lowest BCUT2D eigenvalue weighted by atomic mass is 9.71. The second kappa shape index (κ2) is 14.3. The summed E-state index contributed by atoms with van der Waals surface area (Å²) in [4.78, 5) is 13.0. The molecule has 1 saturated heterocycles. The van der Waals surface area contributed by atoms with Gasteiger partial charge in [0.25, 0.3) is 0 Å². The number of sulfone groups is 1. The van der Waals surface area contributed by atoms with Gasteiger partial charge >= 0.3 is 0 Å². The van der Waals surface area contributed by atoms with E-state index in [2.05, 4.69) is 91.8 Å². The van der Waals surface area contributed by atoms with Crippen molar-refractivity contribution >= 4 is 38.9 Å². The van der Waals surface area contributed by atoms with Crippen LogP contribution in [0, 0.1) is 0 Å². The zero-order chi connectivity index (χ0) is 34.9. The molecule has 1 fully saturated rings. The SMILES string of the molecule is CCOc1cc(C(C)(C)C)ccc1C1=N[C@@](C)(c2ccc(Cl)cc2)[C@@](C)(c2ccc(Cl)cc2)N1CN1CCN(CCCS(C)(=O)=O)CC1. The van der Waals surface area contributed by atoms with E-state index in [9.17, 15) is 8.42 Å². The predicted molar refractivity (Wildman–Crippen MR) is 200 cm³/mol. The number of hydrogen-bond donors (Lipinski definition) is 0. The van der Waals surface area contributed by atoms with E-state index in [-0.39, 0.29) is 11.2 Å². The van der Waals surface area contributed by atoms with Crippen LogP contribution in [0.2, 0.25) is 10.0 Å². The van der Waals surface area contributed by atoms with Gasteiger partial charge in [-0.15, -0.1) is 0 Å². The maximum atomic E-state index is 11.7. The molecule has 260 valence electrons. The van der Waals surface area contributed by atoms with E-state index in [1.54, 1.807) is 0 Å². The Balaban J connectivity index is 1.60. The van der Waals surface area contributed by atoms with Gasteiger partial charge in [0.2, 0.25) is 0 Å². The smallest absolute Gasteiger partial charge is 0.147 e. The summed E-state index contributed by atoms with van der Waals surface area (Å²) in [5, 5.41) is 1.37. The Kier molecular flexibility index (Phi) is 10.9. The Morgan fingerprint density at radius 3 is 1.96 bits per heavy atom. The van der Waals surface area contributed by atoms with Gasteiger partial charge in [-0.05, 0) is 92.2 Å². The molecule has 7 nitrogen and oxygen atoms in total. The zero-order valence-corrected chi connectivity index (χ0v) is 31.7. The lowest BCUT2D eigenvalue weighted by Crippen LogP contribution is -2.58. The highest BCUT2D eigenvalue weighted by Crippen LogP contribution is 2.53. The molecule has 2 aliphatic rings. The number of ether oxygens (including phenoxy) is 1. The Morgan fingerprint density at radius 2 is 1.42 bits per heavy atom. The van der Waals surface area contributed by atoms with Crippen molar-refractivity contribution in [1.82, 2.24) is 14.7 Å². The van der Waals surface area contributed by atoms with Crippen molar-refractivity contribution in [1.29, 1.82) is 0 Å². The summed E-state index contributed by atoms with van der Waals surface area (Å²) < 4.78 is 29.8. The fraction of sp³-hybridized carbons (Fsp3) is 0.500. The molecule has 2 atom stereocenters. The van der Waals surface area contributed by atoms with Gasteiger partial charge in [-0.2, -0.15) is 0 Å². The van der Waals surface area contributed by atoms with Crippen LogP contribution in [0.4, 0.5) is 0 Å². The molecule has 0 amide bonds. The van der Waals surface area contributed by atoms with Crippen LogP contribution in [0.1, 0.15) is 70.2 Å². The topological polar surface area (TPSA) is 65.5 Å². The van der Waals surface area contributed by atoms with E-state index < -0.39 is 20.9 Å². The molecule has 0 aliphatic carbocycles. The normalized spacial score (nSPS) is 22.6. The molecule has 5 rings (SSSR count). The first-order valence-corrected chi connectivity index (χ1v) is 19.7. The highest BCUT2D eigenvalue weighted by molar-refractivity contribution is 7.90. The van der Waals surface area contributed by atoms with E-state index in [4.69, 9.17) is 32.9 Å². The van der Waals surface area contributed by atoms with Crippen LogP contribution in [-0.4, -0.2) is 87.0 Å². The van der Waals surface area contributed by atoms with Crippen molar-refractivity contribution in [3.8, 4) is 5.75 Å². The Hall–Kier alpha value is -2.62. The van der Waals surface area contributed by atoms with E-state index in [0.29, 0.717) is 29.7 Å². The van der Waals surface area contributed by atoms with Crippen molar-refractivity contribution < 1.29 is 13.2 Å². The summed E-state index contributed by atoms with van der Waals surface area (Å²) in [7, 11) is -2.96. The van der Waals surface area contributed by atoms with Crippen LogP contribution < -0.4 is 4.74 Å². The fourth-order valence-corrected chi connectivity index (χ4v) is 7.86. The summed E-state index contributed by atoms with van der Waals surface area (Å²) in [6.07, 6.45) is 1.96. The van der Waals surface area contributed by atoms with Crippen LogP contribution in [0.5, 0.6) is 5.75 Å². The molecule has 0 radical (unpaired) electrons. The number of nitrogens with zero attached hydrogens (tertiary/aromatic N) is 4. The minimum absolute atomic E-state index is 0.0435. The van der Waals surface area contributed by atoms with Crippen molar-refractivity contribution in [3.63, 3.8) is 0 Å². The molecule has 10 heteroatoms. The van der Waals surface area contributed by atoms with Crippen LogP contribution in [-0.2, 0) is 26.3 Å². The molecule has 2 aliphatic heterocycles. The van der Waals surface area contributed by atoms with Gasteiger partial charge in [0.05, 0.1) is 30.1 Å². The summed E-state index contributed by atoms with van der Waals surface area (Å²) in [5.41, 5.74) is 2.95. The van der Waals surface area contributed by atoms with Crippen molar-refractivity contribution in [2.45, 2.75) is 64.5 Å². The van der Waals surface area contributed by atoms with Gasteiger partial charge in [0, 0.05) is 42.5 Å². The molecule has 3 aromatic carbocycles. The first-order chi connectivity index (χ1) is 22.5. The molecule has 3 aromatic rings. The molecular weight excluding hydrogens is 663 g/mol. The Morgan fingerprint density at radius 1 is 0.854 bits per heavy atom.